The second kappa shape index (κ2) is 8.02. The van der Waals surface area contributed by atoms with Crippen molar-refractivity contribution in [3.8, 4) is 6.07 Å². The number of nitrogens with one attached hydrogen (secondary N) is 1. The SMILES string of the molecule is Cc1cccc(N([C@H](C)C(=O)Nc2ccc(CC#N)cc2)S(C)(=O)=O)c1. The van der Waals surface area contributed by atoms with Crippen LogP contribution >= 0.6 is 0 Å². The Bertz CT molecular complexity index is 931. The van der Waals surface area contributed by atoms with Crippen LogP contribution in [0.2, 0.25) is 0 Å². The van der Waals surface area contributed by atoms with Gasteiger partial charge in [-0.1, -0.05) is 24.3 Å². The van der Waals surface area contributed by atoms with Crippen molar-refractivity contribution in [1.82, 2.24) is 0 Å². The predicted molar refractivity (Wildman–Crippen MR) is 102 cm³/mol. The molecule has 7 heteroatoms. The smallest absolute Gasteiger partial charge is 0.247 e. The molecule has 2 aromatic carbocycles. The zero-order chi connectivity index (χ0) is 19.3. The maximum absolute atomic E-state index is 12.6. The van der Waals surface area contributed by atoms with Crippen LogP contribution in [0.5, 0.6) is 0 Å². The summed E-state index contributed by atoms with van der Waals surface area (Å²) in [5.74, 6) is -0.440. The van der Waals surface area contributed by atoms with E-state index >= 15 is 0 Å². The van der Waals surface area contributed by atoms with E-state index in [1.54, 1.807) is 49.4 Å². The molecular formula is C19H21N3O3S. The monoisotopic (exact) mass is 371 g/mol. The molecule has 1 atom stereocenters. The molecular weight excluding hydrogens is 350 g/mol. The van der Waals surface area contributed by atoms with E-state index in [4.69, 9.17) is 5.26 Å². The van der Waals surface area contributed by atoms with Gasteiger partial charge in [0.25, 0.3) is 0 Å². The van der Waals surface area contributed by atoms with Crippen LogP contribution in [-0.4, -0.2) is 26.6 Å². The minimum Gasteiger partial charge on any atom is -0.324 e. The molecule has 2 rings (SSSR count). The van der Waals surface area contributed by atoms with Gasteiger partial charge in [0.1, 0.15) is 6.04 Å². The van der Waals surface area contributed by atoms with Crippen LogP contribution in [0.15, 0.2) is 48.5 Å². The molecule has 0 saturated heterocycles. The molecule has 0 aliphatic rings. The van der Waals surface area contributed by atoms with Gasteiger partial charge in [-0.25, -0.2) is 8.42 Å². The lowest BCUT2D eigenvalue weighted by Crippen LogP contribution is -2.45. The van der Waals surface area contributed by atoms with Crippen LogP contribution < -0.4 is 9.62 Å². The number of carbonyl (C=O) groups excluding carboxylic acids is 1. The number of carbonyl (C=O) groups is 1. The van der Waals surface area contributed by atoms with Crippen LogP contribution in [0.4, 0.5) is 11.4 Å². The Hall–Kier alpha value is -2.85. The average Bonchev–Trinajstić information content (AvgIpc) is 2.55. The van der Waals surface area contributed by atoms with Crippen molar-refractivity contribution in [2.45, 2.75) is 26.3 Å². The standard InChI is InChI=1S/C19H21N3O3S/c1-14-5-4-6-18(13-14)22(26(3,24)25)15(2)19(23)21-17-9-7-16(8-10-17)11-12-20/h4-10,13,15H,11H2,1-3H3,(H,21,23)/t15-/m1/s1. The highest BCUT2D eigenvalue weighted by Crippen LogP contribution is 2.22. The minimum atomic E-state index is -3.65. The predicted octanol–water partition coefficient (Wildman–Crippen LogP) is 2.85. The van der Waals surface area contributed by atoms with E-state index < -0.39 is 22.0 Å². The number of nitrogens with zero attached hydrogens (tertiary/aromatic N) is 2. The van der Waals surface area contributed by atoms with Crippen LogP contribution in [-0.2, 0) is 21.2 Å². The third-order valence-corrected chi connectivity index (χ3v) is 5.09. The summed E-state index contributed by atoms with van der Waals surface area (Å²) in [6.07, 6.45) is 1.37. The molecule has 1 N–H and O–H groups in total. The fourth-order valence-electron chi connectivity index (χ4n) is 2.62. The van der Waals surface area contributed by atoms with E-state index in [1.807, 2.05) is 13.0 Å². The van der Waals surface area contributed by atoms with Gasteiger partial charge in [-0.05, 0) is 49.2 Å². The van der Waals surface area contributed by atoms with Gasteiger partial charge in [-0.3, -0.25) is 9.10 Å². The lowest BCUT2D eigenvalue weighted by atomic mass is 10.1. The Morgan fingerprint density at radius 2 is 1.88 bits per heavy atom. The summed E-state index contributed by atoms with van der Waals surface area (Å²) in [6, 6.07) is 15.0. The van der Waals surface area contributed by atoms with Gasteiger partial charge in [0, 0.05) is 5.69 Å². The summed E-state index contributed by atoms with van der Waals surface area (Å²) in [5.41, 5.74) is 2.73. The average molecular weight is 371 g/mol. The third-order valence-electron chi connectivity index (χ3n) is 3.85. The van der Waals surface area contributed by atoms with Gasteiger partial charge in [-0.15, -0.1) is 0 Å². The quantitative estimate of drug-likeness (QED) is 0.845. The van der Waals surface area contributed by atoms with E-state index in [0.29, 0.717) is 17.8 Å². The number of anilines is 2. The lowest BCUT2D eigenvalue weighted by Gasteiger charge is -2.28. The number of rotatable bonds is 6. The topological polar surface area (TPSA) is 90.3 Å². The Morgan fingerprint density at radius 1 is 1.23 bits per heavy atom. The Kier molecular flexibility index (Phi) is 6.01. The minimum absolute atomic E-state index is 0.292. The lowest BCUT2D eigenvalue weighted by molar-refractivity contribution is -0.116. The molecule has 0 fully saturated rings. The first kappa shape index (κ1) is 19.5. The molecule has 0 radical (unpaired) electrons. The van der Waals surface area contributed by atoms with Crippen LogP contribution in [0, 0.1) is 18.3 Å². The summed E-state index contributed by atoms with van der Waals surface area (Å²) >= 11 is 0. The van der Waals surface area contributed by atoms with E-state index in [9.17, 15) is 13.2 Å². The van der Waals surface area contributed by atoms with Gasteiger partial charge in [0.2, 0.25) is 15.9 Å². The number of hydrogen-bond acceptors (Lipinski definition) is 4. The fourth-order valence-corrected chi connectivity index (χ4v) is 3.78. The number of aryl methyl sites for hydroxylation is 1. The number of hydrogen-bond donors (Lipinski definition) is 1. The van der Waals surface area contributed by atoms with E-state index in [0.717, 1.165) is 21.7 Å². The summed E-state index contributed by atoms with van der Waals surface area (Å²) in [7, 11) is -3.65. The molecule has 0 heterocycles. The van der Waals surface area contributed by atoms with Crippen LogP contribution in [0.1, 0.15) is 18.1 Å². The van der Waals surface area contributed by atoms with Crippen molar-refractivity contribution >= 4 is 27.3 Å². The molecule has 0 unspecified atom stereocenters. The van der Waals surface area contributed by atoms with Crippen molar-refractivity contribution < 1.29 is 13.2 Å². The molecule has 136 valence electrons. The van der Waals surface area contributed by atoms with Gasteiger partial charge in [0.15, 0.2) is 0 Å². The Labute approximate surface area is 154 Å². The summed E-state index contributed by atoms with van der Waals surface area (Å²) in [5, 5.41) is 11.4. The Morgan fingerprint density at radius 3 is 2.42 bits per heavy atom. The second-order valence-electron chi connectivity index (χ2n) is 6.09. The van der Waals surface area contributed by atoms with Crippen molar-refractivity contribution in [1.29, 1.82) is 5.26 Å². The largest absolute Gasteiger partial charge is 0.324 e. The molecule has 6 nitrogen and oxygen atoms in total. The zero-order valence-electron chi connectivity index (χ0n) is 14.9. The van der Waals surface area contributed by atoms with Crippen molar-refractivity contribution in [2.75, 3.05) is 15.9 Å². The molecule has 0 bridgehead atoms. The first-order chi connectivity index (χ1) is 12.2. The van der Waals surface area contributed by atoms with Gasteiger partial charge in [0.05, 0.1) is 24.4 Å². The van der Waals surface area contributed by atoms with E-state index in [2.05, 4.69) is 11.4 Å². The van der Waals surface area contributed by atoms with E-state index in [-0.39, 0.29) is 0 Å². The highest BCUT2D eigenvalue weighted by Gasteiger charge is 2.29. The molecule has 26 heavy (non-hydrogen) atoms. The van der Waals surface area contributed by atoms with Gasteiger partial charge < -0.3 is 5.32 Å². The molecule has 0 saturated carbocycles. The third kappa shape index (κ3) is 4.83. The second-order valence-corrected chi connectivity index (χ2v) is 7.95. The molecule has 1 amide bonds. The molecule has 0 aromatic heterocycles. The zero-order valence-corrected chi connectivity index (χ0v) is 15.7. The highest BCUT2D eigenvalue weighted by atomic mass is 32.2. The summed E-state index contributed by atoms with van der Waals surface area (Å²) in [6.45, 7) is 3.40. The molecule has 2 aromatic rings. The molecule has 0 spiro atoms. The van der Waals surface area contributed by atoms with Crippen LogP contribution in [0.25, 0.3) is 0 Å². The molecule has 0 aliphatic carbocycles. The van der Waals surface area contributed by atoms with Gasteiger partial charge >= 0.3 is 0 Å². The number of benzene rings is 2. The van der Waals surface area contributed by atoms with E-state index in [1.165, 1.54) is 0 Å². The fraction of sp³-hybridized carbons (Fsp3) is 0.263. The first-order valence-corrected chi connectivity index (χ1v) is 9.90. The maximum atomic E-state index is 12.6. The number of nitriles is 1. The maximum Gasteiger partial charge on any atom is 0.247 e. The van der Waals surface area contributed by atoms with Crippen molar-refractivity contribution in [3.63, 3.8) is 0 Å². The van der Waals surface area contributed by atoms with Gasteiger partial charge in [-0.2, -0.15) is 5.26 Å². The van der Waals surface area contributed by atoms with Crippen molar-refractivity contribution in [2.24, 2.45) is 0 Å². The number of sulfonamides is 1. The first-order valence-electron chi connectivity index (χ1n) is 8.05. The highest BCUT2D eigenvalue weighted by molar-refractivity contribution is 7.92. The molecule has 0 aliphatic heterocycles. The van der Waals surface area contributed by atoms with Crippen LogP contribution in [0.3, 0.4) is 0 Å². The Balaban J connectivity index is 2.24. The normalized spacial score (nSPS) is 12.1. The van der Waals surface area contributed by atoms with Crippen molar-refractivity contribution in [3.05, 3.63) is 59.7 Å². The summed E-state index contributed by atoms with van der Waals surface area (Å²) in [4.78, 5) is 12.6. The number of amides is 1. The summed E-state index contributed by atoms with van der Waals surface area (Å²) < 4.78 is 25.7.